The summed E-state index contributed by atoms with van der Waals surface area (Å²) in [5, 5.41) is 8.41. The summed E-state index contributed by atoms with van der Waals surface area (Å²) in [5.41, 5.74) is -1.13. The fraction of sp³-hybridized carbons (Fsp3) is 0.273. The Kier molecular flexibility index (Phi) is 3.81. The minimum atomic E-state index is -6.57. The lowest BCUT2D eigenvalue weighted by Gasteiger charge is -2.26. The molecular weight excluding hydrogens is 295 g/mol. The Morgan fingerprint density at radius 1 is 0.950 bits per heavy atom. The summed E-state index contributed by atoms with van der Waals surface area (Å²) in [6, 6.07) is 4.39. The van der Waals surface area contributed by atoms with Crippen molar-refractivity contribution < 1.29 is 35.5 Å². The molecule has 0 aliphatic carbocycles. The number of carbonyl (C=O) groups is 1. The van der Waals surface area contributed by atoms with Gasteiger partial charge in [-0.2, -0.15) is 36.0 Å². The highest BCUT2D eigenvalue weighted by atomic mass is 19.4. The molecule has 0 unspecified atom stereocenters. The SMILES string of the molecule is N#Cc1ccc(C(=O)C(F)(F)C(F)(F)C(F)(F)F)cc1. The van der Waals surface area contributed by atoms with Crippen LogP contribution in [0.5, 0.6) is 0 Å². The fourth-order valence-electron chi connectivity index (χ4n) is 1.20. The molecule has 1 rings (SSSR count). The van der Waals surface area contributed by atoms with Crippen LogP contribution in [0.2, 0.25) is 0 Å². The standard InChI is InChI=1S/C11H4F7NO/c12-9(13,10(14,15)11(16,17)18)8(20)7-3-1-6(5-19)2-4-7/h1-4H. The van der Waals surface area contributed by atoms with Crippen molar-refractivity contribution in [3.8, 4) is 6.07 Å². The molecule has 0 heterocycles. The van der Waals surface area contributed by atoms with Crippen LogP contribution in [0.25, 0.3) is 0 Å². The topological polar surface area (TPSA) is 40.9 Å². The zero-order valence-electron chi connectivity index (χ0n) is 9.31. The third kappa shape index (κ3) is 2.45. The van der Waals surface area contributed by atoms with Crippen LogP contribution in [-0.4, -0.2) is 23.8 Å². The molecule has 9 heteroatoms. The van der Waals surface area contributed by atoms with Crippen LogP contribution >= 0.6 is 0 Å². The van der Waals surface area contributed by atoms with Crippen molar-refractivity contribution in [3.05, 3.63) is 35.4 Å². The Labute approximate surface area is 107 Å². The molecular formula is C11H4F7NO. The number of halogens is 7. The average molecular weight is 299 g/mol. The van der Waals surface area contributed by atoms with Gasteiger partial charge in [-0.15, -0.1) is 0 Å². The first-order chi connectivity index (χ1) is 8.95. The molecule has 108 valence electrons. The van der Waals surface area contributed by atoms with E-state index in [4.69, 9.17) is 5.26 Å². The van der Waals surface area contributed by atoms with Crippen LogP contribution in [0.3, 0.4) is 0 Å². The fourth-order valence-corrected chi connectivity index (χ4v) is 1.20. The first-order valence-corrected chi connectivity index (χ1v) is 4.82. The van der Waals surface area contributed by atoms with Crippen molar-refractivity contribution in [2.45, 2.75) is 18.0 Å². The molecule has 0 aromatic heterocycles. The van der Waals surface area contributed by atoms with Crippen LogP contribution in [0.1, 0.15) is 15.9 Å². The highest BCUT2D eigenvalue weighted by molar-refractivity contribution is 6.02. The number of nitriles is 1. The first kappa shape index (κ1) is 15.9. The van der Waals surface area contributed by atoms with E-state index in [1.807, 2.05) is 0 Å². The quantitative estimate of drug-likeness (QED) is 0.632. The number of benzene rings is 1. The second-order valence-corrected chi connectivity index (χ2v) is 3.66. The summed E-state index contributed by atoms with van der Waals surface area (Å²) in [7, 11) is 0. The zero-order chi connectivity index (χ0) is 15.8. The summed E-state index contributed by atoms with van der Waals surface area (Å²) in [4.78, 5) is 11.1. The van der Waals surface area contributed by atoms with E-state index >= 15 is 0 Å². The molecule has 0 saturated heterocycles. The van der Waals surface area contributed by atoms with Crippen molar-refractivity contribution in [1.29, 1.82) is 5.26 Å². The van der Waals surface area contributed by atoms with E-state index < -0.39 is 29.4 Å². The number of ketones is 1. The Hall–Kier alpha value is -2.11. The van der Waals surface area contributed by atoms with Gasteiger partial charge in [-0.1, -0.05) is 0 Å². The molecule has 0 aliphatic heterocycles. The summed E-state index contributed by atoms with van der Waals surface area (Å²) < 4.78 is 87.1. The van der Waals surface area contributed by atoms with Gasteiger partial charge in [0.15, 0.2) is 0 Å². The molecule has 20 heavy (non-hydrogen) atoms. The van der Waals surface area contributed by atoms with Gasteiger partial charge >= 0.3 is 18.0 Å². The third-order valence-electron chi connectivity index (χ3n) is 2.31. The van der Waals surface area contributed by atoms with Gasteiger partial charge in [0.25, 0.3) is 0 Å². The Morgan fingerprint density at radius 2 is 1.40 bits per heavy atom. The number of rotatable bonds is 3. The molecule has 0 N–H and O–H groups in total. The number of carbonyl (C=O) groups excluding carboxylic acids is 1. The highest BCUT2D eigenvalue weighted by Gasteiger charge is 2.76. The maximum atomic E-state index is 13.1. The van der Waals surface area contributed by atoms with E-state index in [-0.39, 0.29) is 5.56 Å². The van der Waals surface area contributed by atoms with E-state index in [0.29, 0.717) is 12.1 Å². The maximum absolute atomic E-state index is 13.1. The Bertz CT molecular complexity index is 554. The lowest BCUT2D eigenvalue weighted by Crippen LogP contribution is -2.56. The van der Waals surface area contributed by atoms with Gasteiger partial charge in [0.05, 0.1) is 11.6 Å². The van der Waals surface area contributed by atoms with E-state index in [9.17, 15) is 35.5 Å². The second kappa shape index (κ2) is 4.77. The van der Waals surface area contributed by atoms with Crippen LogP contribution in [0, 0.1) is 11.3 Å². The van der Waals surface area contributed by atoms with Gasteiger partial charge in [-0.25, -0.2) is 0 Å². The number of alkyl halides is 7. The van der Waals surface area contributed by atoms with Crippen LogP contribution < -0.4 is 0 Å². The largest absolute Gasteiger partial charge is 0.460 e. The van der Waals surface area contributed by atoms with E-state index in [2.05, 4.69) is 0 Å². The first-order valence-electron chi connectivity index (χ1n) is 4.82. The lowest BCUT2D eigenvalue weighted by atomic mass is 9.99. The molecule has 0 saturated carbocycles. The van der Waals surface area contributed by atoms with E-state index in [1.54, 1.807) is 6.07 Å². The molecule has 0 atom stereocenters. The number of Topliss-reactive ketones (excluding diaryl/α,β-unsaturated/α-hetero) is 1. The maximum Gasteiger partial charge on any atom is 0.460 e. The van der Waals surface area contributed by atoms with Crippen molar-refractivity contribution in [2.24, 2.45) is 0 Å². The minimum Gasteiger partial charge on any atom is -0.287 e. The van der Waals surface area contributed by atoms with Crippen molar-refractivity contribution in [3.63, 3.8) is 0 Å². The average Bonchev–Trinajstić information content (AvgIpc) is 2.36. The number of hydrogen-bond acceptors (Lipinski definition) is 2. The number of hydrogen-bond donors (Lipinski definition) is 0. The minimum absolute atomic E-state index is 0.0764. The molecule has 2 nitrogen and oxygen atoms in total. The van der Waals surface area contributed by atoms with Crippen LogP contribution in [-0.2, 0) is 0 Å². The molecule has 0 fully saturated rings. The Morgan fingerprint density at radius 3 is 1.75 bits per heavy atom. The summed E-state index contributed by atoms with van der Waals surface area (Å²) in [6.45, 7) is 0. The van der Waals surface area contributed by atoms with Crippen LogP contribution in [0.15, 0.2) is 24.3 Å². The number of nitrogens with zero attached hydrogens (tertiary/aromatic N) is 1. The predicted octanol–water partition coefficient (Wildman–Crippen LogP) is 3.57. The second-order valence-electron chi connectivity index (χ2n) is 3.66. The Balaban J connectivity index is 3.21. The van der Waals surface area contributed by atoms with Gasteiger partial charge < -0.3 is 0 Å². The molecule has 1 aromatic rings. The highest BCUT2D eigenvalue weighted by Crippen LogP contribution is 2.47. The zero-order valence-corrected chi connectivity index (χ0v) is 9.31. The molecule has 0 radical (unpaired) electrons. The lowest BCUT2D eigenvalue weighted by molar-refractivity contribution is -0.339. The van der Waals surface area contributed by atoms with Gasteiger partial charge in [-0.05, 0) is 24.3 Å². The van der Waals surface area contributed by atoms with Crippen molar-refractivity contribution in [2.75, 3.05) is 0 Å². The van der Waals surface area contributed by atoms with Gasteiger partial charge in [0, 0.05) is 5.56 Å². The van der Waals surface area contributed by atoms with Crippen molar-refractivity contribution >= 4 is 5.78 Å². The normalized spacial score (nSPS) is 12.9. The summed E-state index contributed by atoms with van der Waals surface area (Å²) >= 11 is 0. The summed E-state index contributed by atoms with van der Waals surface area (Å²) in [6.07, 6.45) is -6.57. The van der Waals surface area contributed by atoms with Crippen molar-refractivity contribution in [1.82, 2.24) is 0 Å². The monoisotopic (exact) mass is 299 g/mol. The van der Waals surface area contributed by atoms with Gasteiger partial charge in [0.1, 0.15) is 0 Å². The van der Waals surface area contributed by atoms with Gasteiger partial charge in [0.2, 0.25) is 5.78 Å². The predicted molar refractivity (Wildman–Crippen MR) is 51.4 cm³/mol. The summed E-state index contributed by atoms with van der Waals surface area (Å²) in [5.74, 6) is -15.1. The van der Waals surface area contributed by atoms with E-state index in [0.717, 1.165) is 12.1 Å². The molecule has 0 spiro atoms. The van der Waals surface area contributed by atoms with Crippen LogP contribution in [0.4, 0.5) is 30.7 Å². The third-order valence-corrected chi connectivity index (χ3v) is 2.31. The smallest absolute Gasteiger partial charge is 0.287 e. The molecule has 0 aliphatic rings. The molecule has 1 aromatic carbocycles. The molecule has 0 bridgehead atoms. The van der Waals surface area contributed by atoms with E-state index in [1.165, 1.54) is 0 Å². The molecule has 0 amide bonds. The van der Waals surface area contributed by atoms with Gasteiger partial charge in [-0.3, -0.25) is 4.79 Å².